The molecule has 1 fully saturated rings. The number of imidazole rings is 1. The van der Waals surface area contributed by atoms with E-state index in [9.17, 15) is 4.79 Å². The number of aromatic nitrogens is 2. The monoisotopic (exact) mass is 265 g/mol. The van der Waals surface area contributed by atoms with Gasteiger partial charge in [0.2, 0.25) is 0 Å². The molecule has 1 aromatic heterocycles. The van der Waals surface area contributed by atoms with Gasteiger partial charge < -0.3 is 14.6 Å². The first-order valence-electron chi connectivity index (χ1n) is 7.13. The van der Waals surface area contributed by atoms with Gasteiger partial charge in [-0.3, -0.25) is 0 Å². The van der Waals surface area contributed by atoms with E-state index in [0.717, 1.165) is 44.5 Å². The standard InChI is InChI=1S/C14H23N3O2/c1-3-13-16-8-10-17(13)9-7-11-5-4-6-12(11)19-14(18)15-2/h8,10-12H,3-7,9H2,1-2H3,(H,15,18)/t11-,12?/m1/s1. The van der Waals surface area contributed by atoms with Crippen LogP contribution in [0, 0.1) is 5.92 Å². The van der Waals surface area contributed by atoms with Crippen LogP contribution in [0.5, 0.6) is 0 Å². The minimum Gasteiger partial charge on any atom is -0.446 e. The number of rotatable bonds is 5. The first kappa shape index (κ1) is 13.9. The number of ether oxygens (including phenoxy) is 1. The Bertz CT molecular complexity index is 417. The molecule has 5 nitrogen and oxygen atoms in total. The lowest BCUT2D eigenvalue weighted by atomic mass is 10.0. The number of hydrogen-bond donors (Lipinski definition) is 1. The van der Waals surface area contributed by atoms with E-state index in [1.807, 2.05) is 12.4 Å². The zero-order valence-electron chi connectivity index (χ0n) is 11.8. The van der Waals surface area contributed by atoms with Gasteiger partial charge in [-0.1, -0.05) is 6.92 Å². The van der Waals surface area contributed by atoms with E-state index in [-0.39, 0.29) is 12.2 Å². The molecule has 1 aliphatic rings. The third-order valence-electron chi connectivity index (χ3n) is 3.91. The molecule has 1 unspecified atom stereocenters. The molecule has 1 aliphatic carbocycles. The molecular weight excluding hydrogens is 242 g/mol. The summed E-state index contributed by atoms with van der Waals surface area (Å²) in [5, 5.41) is 2.52. The van der Waals surface area contributed by atoms with Crippen molar-refractivity contribution in [3.63, 3.8) is 0 Å². The van der Waals surface area contributed by atoms with Crippen LogP contribution in [-0.4, -0.2) is 28.8 Å². The maximum absolute atomic E-state index is 11.3. The van der Waals surface area contributed by atoms with Crippen molar-refractivity contribution in [2.45, 2.75) is 51.7 Å². The summed E-state index contributed by atoms with van der Waals surface area (Å²) in [6.07, 6.45) is 8.94. The normalized spacial score (nSPS) is 22.4. The van der Waals surface area contributed by atoms with Crippen molar-refractivity contribution in [3.05, 3.63) is 18.2 Å². The molecule has 19 heavy (non-hydrogen) atoms. The van der Waals surface area contributed by atoms with Gasteiger partial charge in [0, 0.05) is 32.4 Å². The van der Waals surface area contributed by atoms with Gasteiger partial charge in [0.1, 0.15) is 11.9 Å². The van der Waals surface area contributed by atoms with E-state index in [0.29, 0.717) is 5.92 Å². The summed E-state index contributed by atoms with van der Waals surface area (Å²) in [6.45, 7) is 3.08. The van der Waals surface area contributed by atoms with Crippen LogP contribution in [-0.2, 0) is 17.7 Å². The van der Waals surface area contributed by atoms with Crippen LogP contribution >= 0.6 is 0 Å². The van der Waals surface area contributed by atoms with Crippen LogP contribution in [0.15, 0.2) is 12.4 Å². The van der Waals surface area contributed by atoms with Crippen LogP contribution in [0.2, 0.25) is 0 Å². The number of carbonyl (C=O) groups excluding carboxylic acids is 1. The molecule has 0 aromatic carbocycles. The number of nitrogens with zero attached hydrogens (tertiary/aromatic N) is 2. The Kier molecular flexibility index (Phi) is 4.82. The van der Waals surface area contributed by atoms with Crippen molar-refractivity contribution in [1.29, 1.82) is 0 Å². The summed E-state index contributed by atoms with van der Waals surface area (Å²) in [5.41, 5.74) is 0. The van der Waals surface area contributed by atoms with Crippen LogP contribution in [0.3, 0.4) is 0 Å². The summed E-state index contributed by atoms with van der Waals surface area (Å²) >= 11 is 0. The molecule has 106 valence electrons. The van der Waals surface area contributed by atoms with E-state index >= 15 is 0 Å². The van der Waals surface area contributed by atoms with Crippen LogP contribution < -0.4 is 5.32 Å². The third kappa shape index (κ3) is 3.49. The van der Waals surface area contributed by atoms with Crippen molar-refractivity contribution in [2.75, 3.05) is 7.05 Å². The van der Waals surface area contributed by atoms with Gasteiger partial charge in [-0.25, -0.2) is 9.78 Å². The average molecular weight is 265 g/mol. The van der Waals surface area contributed by atoms with Gasteiger partial charge in [-0.15, -0.1) is 0 Å². The van der Waals surface area contributed by atoms with Gasteiger partial charge in [0.25, 0.3) is 0 Å². The fraction of sp³-hybridized carbons (Fsp3) is 0.714. The minimum absolute atomic E-state index is 0.0774. The highest BCUT2D eigenvalue weighted by molar-refractivity contribution is 5.66. The van der Waals surface area contributed by atoms with Crippen molar-refractivity contribution >= 4 is 6.09 Å². The largest absolute Gasteiger partial charge is 0.446 e. The summed E-state index contributed by atoms with van der Waals surface area (Å²) in [6, 6.07) is 0. The van der Waals surface area contributed by atoms with Crippen LogP contribution in [0.4, 0.5) is 4.79 Å². The Hall–Kier alpha value is -1.52. The molecule has 0 saturated heterocycles. The number of hydrogen-bond acceptors (Lipinski definition) is 3. The highest BCUT2D eigenvalue weighted by Crippen LogP contribution is 2.31. The fourth-order valence-electron chi connectivity index (χ4n) is 2.85. The second-order valence-corrected chi connectivity index (χ2v) is 5.06. The number of aryl methyl sites for hydroxylation is 2. The summed E-state index contributed by atoms with van der Waals surface area (Å²) in [4.78, 5) is 15.6. The molecule has 2 atom stereocenters. The van der Waals surface area contributed by atoms with Gasteiger partial charge in [0.15, 0.2) is 0 Å². The lowest BCUT2D eigenvalue weighted by molar-refractivity contribution is 0.0735. The molecule has 1 saturated carbocycles. The Labute approximate surface area is 114 Å². The second-order valence-electron chi connectivity index (χ2n) is 5.06. The van der Waals surface area contributed by atoms with Crippen LogP contribution in [0.1, 0.15) is 38.4 Å². The zero-order chi connectivity index (χ0) is 13.7. The van der Waals surface area contributed by atoms with Gasteiger partial charge >= 0.3 is 6.09 Å². The Morgan fingerprint density at radius 3 is 3.16 bits per heavy atom. The van der Waals surface area contributed by atoms with E-state index in [2.05, 4.69) is 21.8 Å². The first-order chi connectivity index (χ1) is 9.24. The van der Waals surface area contributed by atoms with Gasteiger partial charge in [0.05, 0.1) is 0 Å². The Balaban J connectivity index is 1.86. The zero-order valence-corrected chi connectivity index (χ0v) is 11.8. The predicted molar refractivity (Wildman–Crippen MR) is 72.9 cm³/mol. The molecular formula is C14H23N3O2. The highest BCUT2D eigenvalue weighted by Gasteiger charge is 2.30. The molecule has 0 radical (unpaired) electrons. The number of alkyl carbamates (subject to hydrolysis) is 1. The molecule has 1 heterocycles. The maximum atomic E-state index is 11.3. The molecule has 0 spiro atoms. The summed E-state index contributed by atoms with van der Waals surface area (Å²) in [5.74, 6) is 1.60. The van der Waals surface area contributed by atoms with E-state index in [1.165, 1.54) is 0 Å². The Morgan fingerprint density at radius 2 is 2.42 bits per heavy atom. The fourth-order valence-corrected chi connectivity index (χ4v) is 2.85. The first-order valence-corrected chi connectivity index (χ1v) is 7.13. The Morgan fingerprint density at radius 1 is 1.58 bits per heavy atom. The van der Waals surface area contributed by atoms with Gasteiger partial charge in [-0.2, -0.15) is 0 Å². The van der Waals surface area contributed by atoms with Crippen LogP contribution in [0.25, 0.3) is 0 Å². The lowest BCUT2D eigenvalue weighted by Gasteiger charge is -2.20. The highest BCUT2D eigenvalue weighted by atomic mass is 16.6. The molecule has 1 N–H and O–H groups in total. The van der Waals surface area contributed by atoms with Crippen molar-refractivity contribution in [3.8, 4) is 0 Å². The molecule has 2 rings (SSSR count). The molecule has 1 amide bonds. The van der Waals surface area contributed by atoms with E-state index in [1.54, 1.807) is 7.05 Å². The third-order valence-corrected chi connectivity index (χ3v) is 3.91. The van der Waals surface area contributed by atoms with Gasteiger partial charge in [-0.05, 0) is 31.6 Å². The number of nitrogens with one attached hydrogen (secondary N) is 1. The molecule has 5 heteroatoms. The molecule has 0 aliphatic heterocycles. The average Bonchev–Trinajstić information content (AvgIpc) is 3.04. The maximum Gasteiger partial charge on any atom is 0.407 e. The van der Waals surface area contributed by atoms with Crippen molar-refractivity contribution < 1.29 is 9.53 Å². The molecule has 0 bridgehead atoms. The quantitative estimate of drug-likeness (QED) is 0.889. The predicted octanol–water partition coefficient (Wildman–Crippen LogP) is 2.36. The topological polar surface area (TPSA) is 56.2 Å². The van der Waals surface area contributed by atoms with Crippen molar-refractivity contribution in [2.24, 2.45) is 5.92 Å². The van der Waals surface area contributed by atoms with Crippen molar-refractivity contribution in [1.82, 2.24) is 14.9 Å². The smallest absolute Gasteiger partial charge is 0.407 e. The SMILES string of the molecule is CCc1nccn1CC[C@H]1CCCC1OC(=O)NC. The second kappa shape index (κ2) is 6.59. The number of amides is 1. The summed E-state index contributed by atoms with van der Waals surface area (Å²) in [7, 11) is 1.60. The summed E-state index contributed by atoms with van der Waals surface area (Å²) < 4.78 is 7.63. The minimum atomic E-state index is -0.311. The molecule has 1 aromatic rings. The van der Waals surface area contributed by atoms with E-state index in [4.69, 9.17) is 4.74 Å². The number of carbonyl (C=O) groups is 1. The lowest BCUT2D eigenvalue weighted by Crippen LogP contribution is -2.28. The van der Waals surface area contributed by atoms with E-state index < -0.39 is 0 Å².